The molecule has 4 N–H and O–H groups in total. The van der Waals surface area contributed by atoms with Crippen molar-refractivity contribution in [2.75, 3.05) is 16.0 Å². The minimum atomic E-state index is -4.51. The zero-order valence-corrected chi connectivity index (χ0v) is 21.4. The van der Waals surface area contributed by atoms with Crippen LogP contribution in [-0.4, -0.2) is 36.4 Å². The summed E-state index contributed by atoms with van der Waals surface area (Å²) in [5.41, 5.74) is -0.477. The minimum Gasteiger partial charge on any atom is -0.389 e. The number of aliphatic hydroxyl groups is 1. The maximum Gasteiger partial charge on any atom is 0.416 e. The number of hydrogen-bond acceptors (Lipinski definition) is 7. The van der Waals surface area contributed by atoms with E-state index in [4.69, 9.17) is 0 Å². The normalized spacial score (nSPS) is 11.7. The highest BCUT2D eigenvalue weighted by Gasteiger charge is 2.30. The highest BCUT2D eigenvalue weighted by Crippen LogP contribution is 2.34. The van der Waals surface area contributed by atoms with Crippen molar-refractivity contribution in [2.45, 2.75) is 32.2 Å². The van der Waals surface area contributed by atoms with Crippen molar-refractivity contribution in [2.24, 2.45) is 0 Å². The molecule has 0 aliphatic carbocycles. The molecule has 13 heteroatoms. The molecule has 0 unspecified atom stereocenters. The van der Waals surface area contributed by atoms with Crippen LogP contribution in [0.25, 0.3) is 11.1 Å². The Hall–Kier alpha value is -4.78. The summed E-state index contributed by atoms with van der Waals surface area (Å²) in [6.07, 6.45) is 1.05. The lowest BCUT2D eigenvalue weighted by Crippen LogP contribution is -2.26. The zero-order valence-electron chi connectivity index (χ0n) is 21.4. The number of carbonyl (C=O) groups excluding carboxylic acids is 1. The Bertz CT molecular complexity index is 1530. The second-order valence-electron chi connectivity index (χ2n) is 9.41. The molecule has 0 aliphatic heterocycles. The van der Waals surface area contributed by atoms with Gasteiger partial charge in [0.05, 0.1) is 35.3 Å². The Labute approximate surface area is 226 Å². The van der Waals surface area contributed by atoms with Gasteiger partial charge in [0, 0.05) is 23.6 Å². The molecule has 40 heavy (non-hydrogen) atoms. The van der Waals surface area contributed by atoms with Crippen LogP contribution in [0.1, 0.15) is 19.4 Å². The summed E-state index contributed by atoms with van der Waals surface area (Å²) in [4.78, 5) is 20.4. The number of nitrogens with zero attached hydrogens (tertiary/aromatic N) is 4. The van der Waals surface area contributed by atoms with E-state index in [-0.39, 0.29) is 35.2 Å². The van der Waals surface area contributed by atoms with Crippen LogP contribution in [0.2, 0.25) is 0 Å². The third-order valence-electron chi connectivity index (χ3n) is 5.42. The van der Waals surface area contributed by atoms with E-state index in [0.29, 0.717) is 11.3 Å². The molecule has 0 radical (unpaired) electrons. The summed E-state index contributed by atoms with van der Waals surface area (Å²) in [6, 6.07) is 8.20. The maximum absolute atomic E-state index is 14.8. The van der Waals surface area contributed by atoms with Crippen molar-refractivity contribution in [3.05, 3.63) is 85.1 Å². The van der Waals surface area contributed by atoms with E-state index in [2.05, 4.69) is 37.6 Å². The number of aromatic nitrogens is 4. The molecular weight excluding hydrogens is 530 g/mol. The number of rotatable bonds is 9. The predicted octanol–water partition coefficient (Wildman–Crippen LogP) is 5.88. The van der Waals surface area contributed by atoms with Crippen LogP contribution in [0.5, 0.6) is 0 Å². The van der Waals surface area contributed by atoms with Crippen molar-refractivity contribution in [1.29, 1.82) is 0 Å². The SMILES string of the molecule is C=CC(=O)Nc1ccc(F)c(Nc2nc(Nc3cnn(CC(C)(C)O)c3)ncc2-c2ccc(C(F)(F)F)cc2)c1. The standard InChI is InChI=1S/C27H25F4N7O2/c1-4-23(39)34-18-9-10-21(28)22(11-18)36-24-20(16-5-7-17(8-6-16)27(29,30)31)13-32-25(37-24)35-19-12-33-38(14-19)15-26(2,3)40/h4-14,40H,1,15H2,2-3H3,(H,34,39)(H2,32,35,36,37). The molecular formula is C27H25F4N7O2. The molecule has 4 rings (SSSR count). The second-order valence-corrected chi connectivity index (χ2v) is 9.41. The van der Waals surface area contributed by atoms with Crippen LogP contribution >= 0.6 is 0 Å². The number of amides is 1. The summed E-state index contributed by atoms with van der Waals surface area (Å²) in [7, 11) is 0. The number of anilines is 5. The van der Waals surface area contributed by atoms with Gasteiger partial charge in [0.25, 0.3) is 0 Å². The first-order valence-electron chi connectivity index (χ1n) is 11.9. The molecule has 9 nitrogen and oxygen atoms in total. The summed E-state index contributed by atoms with van der Waals surface area (Å²) in [5.74, 6) is -1.01. The third-order valence-corrected chi connectivity index (χ3v) is 5.42. The number of carbonyl (C=O) groups is 1. The van der Waals surface area contributed by atoms with Crippen molar-refractivity contribution in [1.82, 2.24) is 19.7 Å². The second kappa shape index (κ2) is 11.1. The minimum absolute atomic E-state index is 0.0577. The Kier molecular flexibility index (Phi) is 7.86. The van der Waals surface area contributed by atoms with Gasteiger partial charge in [-0.25, -0.2) is 9.37 Å². The van der Waals surface area contributed by atoms with E-state index in [1.807, 2.05) is 0 Å². The molecule has 1 amide bonds. The molecule has 0 saturated heterocycles. The lowest BCUT2D eigenvalue weighted by molar-refractivity contribution is -0.137. The lowest BCUT2D eigenvalue weighted by Gasteiger charge is -2.16. The molecule has 2 aromatic carbocycles. The number of benzene rings is 2. The van der Waals surface area contributed by atoms with Gasteiger partial charge in [-0.1, -0.05) is 18.7 Å². The van der Waals surface area contributed by atoms with Crippen LogP contribution in [0.3, 0.4) is 0 Å². The maximum atomic E-state index is 14.8. The van der Waals surface area contributed by atoms with Crippen LogP contribution < -0.4 is 16.0 Å². The molecule has 0 spiro atoms. The van der Waals surface area contributed by atoms with Gasteiger partial charge in [-0.15, -0.1) is 0 Å². The monoisotopic (exact) mass is 555 g/mol. The average molecular weight is 556 g/mol. The van der Waals surface area contributed by atoms with Crippen LogP contribution in [-0.2, 0) is 17.5 Å². The first-order valence-corrected chi connectivity index (χ1v) is 11.9. The van der Waals surface area contributed by atoms with Gasteiger partial charge in [0.15, 0.2) is 0 Å². The molecule has 0 aliphatic rings. The number of alkyl halides is 3. The van der Waals surface area contributed by atoms with Crippen LogP contribution in [0.4, 0.5) is 46.4 Å². The zero-order chi connectivity index (χ0) is 29.1. The van der Waals surface area contributed by atoms with Gasteiger partial charge in [-0.2, -0.15) is 23.3 Å². The number of nitrogens with one attached hydrogen (secondary N) is 3. The Morgan fingerprint density at radius 2 is 1.80 bits per heavy atom. The highest BCUT2D eigenvalue weighted by molar-refractivity contribution is 5.99. The average Bonchev–Trinajstić information content (AvgIpc) is 3.30. The fourth-order valence-electron chi connectivity index (χ4n) is 3.65. The summed E-state index contributed by atoms with van der Waals surface area (Å²) in [6.45, 7) is 6.89. The molecule has 2 heterocycles. The van der Waals surface area contributed by atoms with E-state index in [1.54, 1.807) is 20.0 Å². The smallest absolute Gasteiger partial charge is 0.389 e. The van der Waals surface area contributed by atoms with Crippen LogP contribution in [0, 0.1) is 5.82 Å². The molecule has 0 atom stereocenters. The summed E-state index contributed by atoms with van der Waals surface area (Å²) >= 11 is 0. The van der Waals surface area contributed by atoms with Gasteiger partial charge in [-0.05, 0) is 55.8 Å². The lowest BCUT2D eigenvalue weighted by atomic mass is 10.1. The number of halogens is 4. The highest BCUT2D eigenvalue weighted by atomic mass is 19.4. The molecule has 0 fully saturated rings. The Balaban J connectivity index is 1.70. The fourth-order valence-corrected chi connectivity index (χ4v) is 3.65. The third kappa shape index (κ3) is 7.20. The van der Waals surface area contributed by atoms with Crippen LogP contribution in [0.15, 0.2) is 73.7 Å². The van der Waals surface area contributed by atoms with Crippen molar-refractivity contribution >= 4 is 34.7 Å². The summed E-state index contributed by atoms with van der Waals surface area (Å²) in [5, 5.41) is 22.5. The van der Waals surface area contributed by atoms with Gasteiger partial charge in [0.1, 0.15) is 11.6 Å². The molecule has 4 aromatic rings. The van der Waals surface area contributed by atoms with Gasteiger partial charge in [-0.3, -0.25) is 9.48 Å². The molecule has 0 saturated carbocycles. The van der Waals surface area contributed by atoms with Crippen molar-refractivity contribution in [3.8, 4) is 11.1 Å². The Morgan fingerprint density at radius 3 is 2.45 bits per heavy atom. The topological polar surface area (TPSA) is 117 Å². The predicted molar refractivity (Wildman–Crippen MR) is 143 cm³/mol. The van der Waals surface area contributed by atoms with Crippen molar-refractivity contribution in [3.63, 3.8) is 0 Å². The largest absolute Gasteiger partial charge is 0.416 e. The van der Waals surface area contributed by atoms with E-state index < -0.39 is 29.1 Å². The van der Waals surface area contributed by atoms with E-state index >= 15 is 0 Å². The Morgan fingerprint density at radius 1 is 1.07 bits per heavy atom. The molecule has 0 bridgehead atoms. The van der Waals surface area contributed by atoms with Crippen molar-refractivity contribution < 1.29 is 27.5 Å². The molecule has 208 valence electrons. The van der Waals surface area contributed by atoms with Gasteiger partial charge < -0.3 is 21.1 Å². The fraction of sp³-hybridized carbons (Fsp3) is 0.185. The number of hydrogen-bond donors (Lipinski definition) is 4. The molecule has 2 aromatic heterocycles. The first-order chi connectivity index (χ1) is 18.8. The van der Waals surface area contributed by atoms with Gasteiger partial charge >= 0.3 is 6.18 Å². The first kappa shape index (κ1) is 28.2. The van der Waals surface area contributed by atoms with E-state index in [9.17, 15) is 27.5 Å². The van der Waals surface area contributed by atoms with E-state index in [0.717, 1.165) is 24.3 Å². The summed E-state index contributed by atoms with van der Waals surface area (Å²) < 4.78 is 55.6. The quantitative estimate of drug-likeness (QED) is 0.151. The van der Waals surface area contributed by atoms with E-state index in [1.165, 1.54) is 41.3 Å². The van der Waals surface area contributed by atoms with Gasteiger partial charge in [0.2, 0.25) is 11.9 Å².